The van der Waals surface area contributed by atoms with Crippen molar-refractivity contribution < 1.29 is 18.3 Å². The van der Waals surface area contributed by atoms with Crippen LogP contribution in [0.4, 0.5) is 8.78 Å². The number of alkyl halides is 2. The third-order valence-electron chi connectivity index (χ3n) is 2.67. The smallest absolute Gasteiger partial charge is 0.333 e. The molecule has 0 aliphatic carbocycles. The molecule has 0 radical (unpaired) electrons. The van der Waals surface area contributed by atoms with Crippen LogP contribution in [0.5, 0.6) is 0 Å². The Bertz CT molecular complexity index is 519. The minimum atomic E-state index is -3.15. The van der Waals surface area contributed by atoms with Crippen LogP contribution in [0.15, 0.2) is 30.3 Å². The molecule has 114 valence electrons. The van der Waals surface area contributed by atoms with Crippen molar-refractivity contribution >= 4 is 5.97 Å². The quantitative estimate of drug-likeness (QED) is 0.474. The SMILES string of the molecule is CC(C)(C)C(=O)OCCCC#CC(F)(F)c1ccccc1. The third kappa shape index (κ3) is 5.95. The standard InChI is InChI=1S/C17H20F2O2/c1-16(2,3)15(20)21-13-9-5-8-12-17(18,19)14-10-6-4-7-11-14/h4,6-7,10-11H,5,9,13H2,1-3H3. The summed E-state index contributed by atoms with van der Waals surface area (Å²) in [5.41, 5.74) is -0.664. The molecule has 1 aromatic carbocycles. The highest BCUT2D eigenvalue weighted by atomic mass is 19.3. The van der Waals surface area contributed by atoms with Crippen LogP contribution >= 0.6 is 0 Å². The summed E-state index contributed by atoms with van der Waals surface area (Å²) in [5.74, 6) is 0.965. The van der Waals surface area contributed by atoms with Gasteiger partial charge in [0.15, 0.2) is 0 Å². The van der Waals surface area contributed by atoms with Gasteiger partial charge in [0.25, 0.3) is 0 Å². The maximum absolute atomic E-state index is 13.7. The monoisotopic (exact) mass is 294 g/mol. The predicted molar refractivity (Wildman–Crippen MR) is 77.8 cm³/mol. The topological polar surface area (TPSA) is 26.3 Å². The van der Waals surface area contributed by atoms with Gasteiger partial charge in [-0.05, 0) is 33.1 Å². The average molecular weight is 294 g/mol. The van der Waals surface area contributed by atoms with Gasteiger partial charge in [-0.3, -0.25) is 4.79 Å². The van der Waals surface area contributed by atoms with E-state index < -0.39 is 11.3 Å². The molecule has 0 spiro atoms. The molecule has 0 aliphatic heterocycles. The molecule has 2 nitrogen and oxygen atoms in total. The Hall–Kier alpha value is -1.89. The van der Waals surface area contributed by atoms with Gasteiger partial charge in [0, 0.05) is 12.0 Å². The molecule has 0 aliphatic rings. The zero-order chi connectivity index (χ0) is 15.9. The summed E-state index contributed by atoms with van der Waals surface area (Å²) in [6.07, 6.45) is 0.708. The van der Waals surface area contributed by atoms with Crippen LogP contribution in [0.1, 0.15) is 39.2 Å². The highest BCUT2D eigenvalue weighted by Gasteiger charge is 2.28. The van der Waals surface area contributed by atoms with Crippen LogP contribution in [0.3, 0.4) is 0 Å². The maximum Gasteiger partial charge on any atom is 0.333 e. The zero-order valence-corrected chi connectivity index (χ0v) is 12.6. The Labute approximate surface area is 124 Å². The lowest BCUT2D eigenvalue weighted by molar-refractivity contribution is -0.152. The Morgan fingerprint density at radius 2 is 1.81 bits per heavy atom. The number of hydrogen-bond acceptors (Lipinski definition) is 2. The molecule has 0 amide bonds. The summed E-state index contributed by atoms with van der Waals surface area (Å²) < 4.78 is 32.4. The molecule has 0 saturated carbocycles. The van der Waals surface area contributed by atoms with Gasteiger partial charge >= 0.3 is 11.9 Å². The van der Waals surface area contributed by atoms with Crippen molar-refractivity contribution in [1.29, 1.82) is 0 Å². The number of rotatable bonds is 4. The van der Waals surface area contributed by atoms with Crippen LogP contribution in [-0.4, -0.2) is 12.6 Å². The first-order valence-electron chi connectivity index (χ1n) is 6.84. The van der Waals surface area contributed by atoms with Crippen LogP contribution < -0.4 is 0 Å². The molecule has 1 rings (SSSR count). The molecule has 21 heavy (non-hydrogen) atoms. The van der Waals surface area contributed by atoms with Gasteiger partial charge in [-0.25, -0.2) is 0 Å². The number of unbranched alkanes of at least 4 members (excludes halogenated alkanes) is 1. The molecule has 0 N–H and O–H groups in total. The Kier molecular flexibility index (Phi) is 5.90. The van der Waals surface area contributed by atoms with E-state index in [4.69, 9.17) is 4.74 Å². The third-order valence-corrected chi connectivity index (χ3v) is 2.67. The minimum Gasteiger partial charge on any atom is -0.465 e. The number of carbonyl (C=O) groups excluding carboxylic acids is 1. The molecule has 0 aromatic heterocycles. The number of ether oxygens (including phenoxy) is 1. The van der Waals surface area contributed by atoms with Crippen molar-refractivity contribution in [3.05, 3.63) is 35.9 Å². The first-order valence-corrected chi connectivity index (χ1v) is 6.84. The molecule has 0 bridgehead atoms. The number of halogens is 2. The lowest BCUT2D eigenvalue weighted by Gasteiger charge is -2.16. The highest BCUT2D eigenvalue weighted by molar-refractivity contribution is 5.75. The molecule has 0 heterocycles. The number of carbonyl (C=O) groups is 1. The van der Waals surface area contributed by atoms with E-state index in [1.165, 1.54) is 12.1 Å². The fourth-order valence-electron chi connectivity index (χ4n) is 1.44. The second-order valence-corrected chi connectivity index (χ2v) is 5.73. The van der Waals surface area contributed by atoms with E-state index in [0.717, 1.165) is 0 Å². The summed E-state index contributed by atoms with van der Waals surface area (Å²) in [5, 5.41) is 0. The number of benzene rings is 1. The first-order chi connectivity index (χ1) is 9.73. The van der Waals surface area contributed by atoms with E-state index in [0.29, 0.717) is 6.42 Å². The van der Waals surface area contributed by atoms with E-state index in [9.17, 15) is 13.6 Å². The molecule has 0 saturated heterocycles. The van der Waals surface area contributed by atoms with Crippen molar-refractivity contribution in [2.75, 3.05) is 6.61 Å². The summed E-state index contributed by atoms with van der Waals surface area (Å²) in [4.78, 5) is 11.5. The Balaban J connectivity index is 2.39. The molecular formula is C17H20F2O2. The van der Waals surface area contributed by atoms with Gasteiger partial charge in [0.05, 0.1) is 12.0 Å². The lowest BCUT2D eigenvalue weighted by Crippen LogP contribution is -2.23. The van der Waals surface area contributed by atoms with Crippen LogP contribution in [0.25, 0.3) is 0 Å². The van der Waals surface area contributed by atoms with E-state index in [-0.39, 0.29) is 24.6 Å². The van der Waals surface area contributed by atoms with Crippen LogP contribution in [0.2, 0.25) is 0 Å². The van der Waals surface area contributed by atoms with Crippen molar-refractivity contribution in [1.82, 2.24) is 0 Å². The van der Waals surface area contributed by atoms with Crippen LogP contribution in [-0.2, 0) is 15.5 Å². The number of hydrogen-bond donors (Lipinski definition) is 0. The summed E-state index contributed by atoms with van der Waals surface area (Å²) in [6, 6.07) is 7.48. The fraction of sp³-hybridized carbons (Fsp3) is 0.471. The zero-order valence-electron chi connectivity index (χ0n) is 12.6. The summed E-state index contributed by atoms with van der Waals surface area (Å²) >= 11 is 0. The van der Waals surface area contributed by atoms with Crippen molar-refractivity contribution in [2.45, 2.75) is 39.5 Å². The van der Waals surface area contributed by atoms with E-state index >= 15 is 0 Å². The lowest BCUT2D eigenvalue weighted by atomic mass is 9.97. The molecular weight excluding hydrogens is 274 g/mol. The molecule has 0 atom stereocenters. The largest absolute Gasteiger partial charge is 0.465 e. The van der Waals surface area contributed by atoms with Gasteiger partial charge in [0.2, 0.25) is 0 Å². The minimum absolute atomic E-state index is 0.114. The van der Waals surface area contributed by atoms with Gasteiger partial charge < -0.3 is 4.74 Å². The normalized spacial score (nSPS) is 11.5. The van der Waals surface area contributed by atoms with E-state index in [1.807, 2.05) is 5.92 Å². The van der Waals surface area contributed by atoms with E-state index in [1.54, 1.807) is 39.0 Å². The van der Waals surface area contributed by atoms with Crippen LogP contribution in [0, 0.1) is 17.3 Å². The van der Waals surface area contributed by atoms with Gasteiger partial charge in [-0.2, -0.15) is 8.78 Å². The fourth-order valence-corrected chi connectivity index (χ4v) is 1.44. The number of esters is 1. The second kappa shape index (κ2) is 7.21. The molecule has 0 unspecified atom stereocenters. The summed E-state index contributed by atoms with van der Waals surface area (Å²) in [6.45, 7) is 5.47. The van der Waals surface area contributed by atoms with Gasteiger partial charge in [-0.15, -0.1) is 0 Å². The van der Waals surface area contributed by atoms with Gasteiger partial charge in [0.1, 0.15) is 0 Å². The molecule has 4 heteroatoms. The van der Waals surface area contributed by atoms with Crippen molar-refractivity contribution in [3.63, 3.8) is 0 Å². The Morgan fingerprint density at radius 3 is 2.38 bits per heavy atom. The summed E-state index contributed by atoms with van der Waals surface area (Å²) in [7, 11) is 0. The first kappa shape index (κ1) is 17.2. The predicted octanol–water partition coefficient (Wildman–Crippen LogP) is 4.15. The average Bonchev–Trinajstić information content (AvgIpc) is 2.42. The molecule has 0 fully saturated rings. The highest BCUT2D eigenvalue weighted by Crippen LogP contribution is 2.26. The van der Waals surface area contributed by atoms with Crippen molar-refractivity contribution in [3.8, 4) is 11.8 Å². The molecule has 1 aromatic rings. The van der Waals surface area contributed by atoms with Gasteiger partial charge in [-0.1, -0.05) is 36.3 Å². The van der Waals surface area contributed by atoms with Crippen molar-refractivity contribution in [2.24, 2.45) is 5.41 Å². The Morgan fingerprint density at radius 1 is 1.19 bits per heavy atom. The second-order valence-electron chi connectivity index (χ2n) is 5.73. The maximum atomic E-state index is 13.7. The van der Waals surface area contributed by atoms with E-state index in [2.05, 4.69) is 5.92 Å².